The fraction of sp³-hybridized carbons (Fsp3) is 0.250. The zero-order valence-corrected chi connectivity index (χ0v) is 11.7. The number of amides is 1. The lowest BCUT2D eigenvalue weighted by atomic mass is 9.98. The second-order valence-electron chi connectivity index (χ2n) is 4.81. The predicted octanol–water partition coefficient (Wildman–Crippen LogP) is 1.26. The molecule has 1 aromatic heterocycles. The SMILES string of the molecule is NC[C@H](Cc1ccc(COc2ccccn2)cc1)C(N)=O. The van der Waals surface area contributed by atoms with Crippen molar-refractivity contribution >= 4 is 5.91 Å². The van der Waals surface area contributed by atoms with E-state index in [9.17, 15) is 4.79 Å². The molecule has 1 heterocycles. The highest BCUT2D eigenvalue weighted by Crippen LogP contribution is 2.12. The maximum absolute atomic E-state index is 11.2. The molecule has 0 unspecified atom stereocenters. The van der Waals surface area contributed by atoms with Gasteiger partial charge in [-0.15, -0.1) is 0 Å². The van der Waals surface area contributed by atoms with Crippen molar-refractivity contribution in [1.82, 2.24) is 4.98 Å². The van der Waals surface area contributed by atoms with Gasteiger partial charge in [0.05, 0.1) is 5.92 Å². The standard InChI is InChI=1S/C16H19N3O2/c17-10-14(16(18)20)9-12-4-6-13(7-5-12)11-21-15-3-1-2-8-19-15/h1-8,14H,9-11,17H2,(H2,18,20)/t14-/m0/s1. The highest BCUT2D eigenvalue weighted by molar-refractivity contribution is 5.77. The predicted molar refractivity (Wildman–Crippen MR) is 80.5 cm³/mol. The van der Waals surface area contributed by atoms with Gasteiger partial charge in [0, 0.05) is 18.8 Å². The summed E-state index contributed by atoms with van der Waals surface area (Å²) in [5.74, 6) is -0.0841. The molecule has 5 heteroatoms. The average molecular weight is 285 g/mol. The van der Waals surface area contributed by atoms with E-state index in [4.69, 9.17) is 16.2 Å². The molecule has 1 amide bonds. The summed E-state index contributed by atoms with van der Waals surface area (Å²) in [7, 11) is 0. The number of nitrogens with zero attached hydrogens (tertiary/aromatic N) is 1. The second-order valence-corrected chi connectivity index (χ2v) is 4.81. The maximum Gasteiger partial charge on any atom is 0.222 e. The monoisotopic (exact) mass is 285 g/mol. The third-order valence-corrected chi connectivity index (χ3v) is 3.22. The fourth-order valence-electron chi connectivity index (χ4n) is 1.95. The van der Waals surface area contributed by atoms with E-state index >= 15 is 0 Å². The summed E-state index contributed by atoms with van der Waals surface area (Å²) in [6.45, 7) is 0.716. The summed E-state index contributed by atoms with van der Waals surface area (Å²) in [6.07, 6.45) is 2.25. The number of primary amides is 1. The van der Waals surface area contributed by atoms with Crippen LogP contribution in [0.25, 0.3) is 0 Å². The van der Waals surface area contributed by atoms with Gasteiger partial charge in [0.2, 0.25) is 11.8 Å². The highest BCUT2D eigenvalue weighted by Gasteiger charge is 2.13. The third-order valence-electron chi connectivity index (χ3n) is 3.22. The quantitative estimate of drug-likeness (QED) is 0.801. The first-order chi connectivity index (χ1) is 10.2. The molecular formula is C16H19N3O2. The minimum absolute atomic E-state index is 0.264. The van der Waals surface area contributed by atoms with Crippen LogP contribution in [0.5, 0.6) is 5.88 Å². The first-order valence-electron chi connectivity index (χ1n) is 6.80. The van der Waals surface area contributed by atoms with Crippen molar-refractivity contribution in [2.75, 3.05) is 6.54 Å². The molecule has 0 aliphatic heterocycles. The van der Waals surface area contributed by atoms with Crippen molar-refractivity contribution in [2.24, 2.45) is 17.4 Å². The Morgan fingerprint density at radius 3 is 2.43 bits per heavy atom. The minimum atomic E-state index is -0.361. The summed E-state index contributed by atoms with van der Waals surface area (Å²) >= 11 is 0. The summed E-state index contributed by atoms with van der Waals surface area (Å²) in [5, 5.41) is 0. The van der Waals surface area contributed by atoms with Gasteiger partial charge >= 0.3 is 0 Å². The Kier molecular flexibility index (Phi) is 5.29. The third kappa shape index (κ3) is 4.57. The molecule has 0 radical (unpaired) electrons. The Balaban J connectivity index is 1.91. The number of nitrogens with two attached hydrogens (primary N) is 2. The number of hydrogen-bond acceptors (Lipinski definition) is 4. The van der Waals surface area contributed by atoms with Gasteiger partial charge in [-0.3, -0.25) is 4.79 Å². The van der Waals surface area contributed by atoms with E-state index in [0.717, 1.165) is 11.1 Å². The van der Waals surface area contributed by atoms with E-state index in [-0.39, 0.29) is 18.4 Å². The first-order valence-corrected chi connectivity index (χ1v) is 6.80. The van der Waals surface area contributed by atoms with Crippen LogP contribution in [0.15, 0.2) is 48.7 Å². The van der Waals surface area contributed by atoms with Crippen LogP contribution >= 0.6 is 0 Å². The van der Waals surface area contributed by atoms with Crippen LogP contribution in [0.4, 0.5) is 0 Å². The zero-order valence-electron chi connectivity index (χ0n) is 11.7. The molecule has 5 nitrogen and oxygen atoms in total. The summed E-state index contributed by atoms with van der Waals surface area (Å²) in [4.78, 5) is 15.3. The minimum Gasteiger partial charge on any atom is -0.473 e. The highest BCUT2D eigenvalue weighted by atomic mass is 16.5. The number of carbonyl (C=O) groups excluding carboxylic acids is 1. The Morgan fingerprint density at radius 2 is 1.86 bits per heavy atom. The van der Waals surface area contributed by atoms with Crippen LogP contribution in [0.3, 0.4) is 0 Å². The molecule has 4 N–H and O–H groups in total. The van der Waals surface area contributed by atoms with Gasteiger partial charge in [0.15, 0.2) is 0 Å². The molecule has 0 saturated heterocycles. The van der Waals surface area contributed by atoms with Crippen LogP contribution in [-0.4, -0.2) is 17.4 Å². The molecule has 0 saturated carbocycles. The van der Waals surface area contributed by atoms with E-state index in [1.54, 1.807) is 6.20 Å². The van der Waals surface area contributed by atoms with Gasteiger partial charge in [-0.2, -0.15) is 0 Å². The number of pyridine rings is 1. The first kappa shape index (κ1) is 15.0. The van der Waals surface area contributed by atoms with E-state index in [1.165, 1.54) is 0 Å². The number of hydrogen-bond donors (Lipinski definition) is 2. The second kappa shape index (κ2) is 7.40. The molecule has 110 valence electrons. The molecule has 21 heavy (non-hydrogen) atoms. The molecule has 2 aromatic rings. The summed E-state index contributed by atoms with van der Waals surface area (Å²) < 4.78 is 5.57. The van der Waals surface area contributed by atoms with E-state index in [1.807, 2.05) is 42.5 Å². The normalized spacial score (nSPS) is 11.9. The average Bonchev–Trinajstić information content (AvgIpc) is 2.52. The smallest absolute Gasteiger partial charge is 0.222 e. The molecule has 0 spiro atoms. The van der Waals surface area contributed by atoms with Crippen LogP contribution in [0, 0.1) is 5.92 Å². The zero-order chi connectivity index (χ0) is 15.1. The van der Waals surface area contributed by atoms with Crippen LogP contribution in [0.1, 0.15) is 11.1 Å². The molecule has 0 bridgehead atoms. The fourth-order valence-corrected chi connectivity index (χ4v) is 1.95. The van der Waals surface area contributed by atoms with E-state index in [2.05, 4.69) is 4.98 Å². The van der Waals surface area contributed by atoms with E-state index in [0.29, 0.717) is 18.9 Å². The Labute approximate surface area is 123 Å². The van der Waals surface area contributed by atoms with Gasteiger partial charge in [0.25, 0.3) is 0 Å². The maximum atomic E-state index is 11.2. The summed E-state index contributed by atoms with van der Waals surface area (Å²) in [6, 6.07) is 13.4. The van der Waals surface area contributed by atoms with Gasteiger partial charge < -0.3 is 16.2 Å². The largest absolute Gasteiger partial charge is 0.473 e. The lowest BCUT2D eigenvalue weighted by molar-refractivity contribution is -0.121. The van der Waals surface area contributed by atoms with Gasteiger partial charge in [-0.05, 0) is 23.6 Å². The number of carbonyl (C=O) groups is 1. The lowest BCUT2D eigenvalue weighted by Crippen LogP contribution is -2.31. The number of rotatable bonds is 7. The Hall–Kier alpha value is -2.40. The van der Waals surface area contributed by atoms with E-state index < -0.39 is 0 Å². The van der Waals surface area contributed by atoms with Crippen molar-refractivity contribution in [3.05, 3.63) is 59.8 Å². The Morgan fingerprint density at radius 1 is 1.14 bits per heavy atom. The lowest BCUT2D eigenvalue weighted by Gasteiger charge is -2.11. The number of aromatic nitrogens is 1. The van der Waals surface area contributed by atoms with Crippen molar-refractivity contribution in [3.8, 4) is 5.88 Å². The van der Waals surface area contributed by atoms with Gasteiger partial charge in [0.1, 0.15) is 6.61 Å². The Bertz CT molecular complexity index is 570. The molecular weight excluding hydrogens is 266 g/mol. The van der Waals surface area contributed by atoms with Crippen molar-refractivity contribution < 1.29 is 9.53 Å². The van der Waals surface area contributed by atoms with Crippen LogP contribution < -0.4 is 16.2 Å². The van der Waals surface area contributed by atoms with Crippen molar-refractivity contribution in [2.45, 2.75) is 13.0 Å². The molecule has 1 aromatic carbocycles. The topological polar surface area (TPSA) is 91.2 Å². The van der Waals surface area contributed by atoms with Crippen molar-refractivity contribution in [1.29, 1.82) is 0 Å². The summed E-state index contributed by atoms with van der Waals surface area (Å²) in [5.41, 5.74) is 12.9. The van der Waals surface area contributed by atoms with Gasteiger partial charge in [-0.1, -0.05) is 30.3 Å². The van der Waals surface area contributed by atoms with Gasteiger partial charge in [-0.25, -0.2) is 4.98 Å². The number of ether oxygens (including phenoxy) is 1. The van der Waals surface area contributed by atoms with Crippen molar-refractivity contribution in [3.63, 3.8) is 0 Å². The molecule has 1 atom stereocenters. The molecule has 0 fully saturated rings. The molecule has 2 rings (SSSR count). The molecule has 0 aliphatic carbocycles. The number of benzene rings is 1. The molecule has 0 aliphatic rings. The van der Waals surface area contributed by atoms with Crippen LogP contribution in [-0.2, 0) is 17.8 Å². The van der Waals surface area contributed by atoms with Crippen LogP contribution in [0.2, 0.25) is 0 Å².